The van der Waals surface area contributed by atoms with Gasteiger partial charge in [0.2, 0.25) is 5.95 Å². The van der Waals surface area contributed by atoms with E-state index in [2.05, 4.69) is 57.0 Å². The van der Waals surface area contributed by atoms with Crippen LogP contribution in [0.3, 0.4) is 0 Å². The van der Waals surface area contributed by atoms with E-state index < -0.39 is 0 Å². The minimum absolute atomic E-state index is 0.630. The van der Waals surface area contributed by atoms with Gasteiger partial charge in [-0.25, -0.2) is 9.97 Å². The fourth-order valence-electron chi connectivity index (χ4n) is 3.03. The lowest BCUT2D eigenvalue weighted by molar-refractivity contribution is 0.731. The van der Waals surface area contributed by atoms with Crippen molar-refractivity contribution in [1.82, 2.24) is 19.7 Å². The first kappa shape index (κ1) is 15.8. The summed E-state index contributed by atoms with van der Waals surface area (Å²) >= 11 is 1.76. The topological polar surface area (TPSA) is 55.6 Å². The third-order valence-corrected chi connectivity index (χ3v) is 5.29. The number of aryl methyl sites for hydroxylation is 2. The minimum atomic E-state index is 0.630. The van der Waals surface area contributed by atoms with E-state index in [9.17, 15) is 0 Å². The number of aromatic nitrogens is 4. The van der Waals surface area contributed by atoms with Gasteiger partial charge in [0.05, 0.1) is 11.4 Å². The van der Waals surface area contributed by atoms with Crippen molar-refractivity contribution >= 4 is 27.4 Å². The molecule has 3 aromatic heterocycles. The van der Waals surface area contributed by atoms with Gasteiger partial charge in [-0.2, -0.15) is 5.10 Å². The Labute approximate surface area is 150 Å². The molecule has 0 unspecified atom stereocenters. The predicted octanol–water partition coefficient (Wildman–Crippen LogP) is 4.32. The van der Waals surface area contributed by atoms with Gasteiger partial charge in [-0.15, -0.1) is 11.3 Å². The van der Waals surface area contributed by atoms with Gasteiger partial charge in [-0.3, -0.25) is 4.68 Å². The van der Waals surface area contributed by atoms with Crippen LogP contribution in [-0.2, 0) is 13.6 Å². The number of anilines is 1. The first-order chi connectivity index (χ1) is 12.1. The Morgan fingerprint density at radius 1 is 1.16 bits per heavy atom. The molecule has 1 N–H and O–H groups in total. The highest BCUT2D eigenvalue weighted by Crippen LogP contribution is 2.25. The summed E-state index contributed by atoms with van der Waals surface area (Å²) in [5, 5.41) is 11.2. The lowest BCUT2D eigenvalue weighted by Gasteiger charge is -2.07. The van der Waals surface area contributed by atoms with Gasteiger partial charge in [-0.05, 0) is 54.4 Å². The zero-order valence-electron chi connectivity index (χ0n) is 14.4. The van der Waals surface area contributed by atoms with Crippen molar-refractivity contribution in [3.63, 3.8) is 0 Å². The third-order valence-electron chi connectivity index (χ3n) is 4.39. The van der Waals surface area contributed by atoms with E-state index in [0.717, 1.165) is 22.6 Å². The summed E-state index contributed by atoms with van der Waals surface area (Å²) in [5.74, 6) is 0.630. The molecule has 0 fully saturated rings. The van der Waals surface area contributed by atoms with Gasteiger partial charge in [-0.1, -0.05) is 6.07 Å². The monoisotopic (exact) mass is 349 g/mol. The average Bonchev–Trinajstić information content (AvgIpc) is 3.17. The highest BCUT2D eigenvalue weighted by Gasteiger charge is 2.13. The van der Waals surface area contributed by atoms with Crippen LogP contribution in [0, 0.1) is 13.8 Å². The molecule has 0 radical (unpaired) electrons. The van der Waals surface area contributed by atoms with Gasteiger partial charge >= 0.3 is 0 Å². The van der Waals surface area contributed by atoms with Crippen molar-refractivity contribution in [3.8, 4) is 11.3 Å². The standard InChI is InChI=1S/C19H19N5S/c1-12-18(13(2)24(3)23-12)16-6-8-20-19(22-16)21-11-14-4-5-17-15(10-14)7-9-25-17/h4-10H,11H2,1-3H3,(H,20,21,22). The Bertz CT molecular complexity index is 1050. The number of hydrogen-bond donors (Lipinski definition) is 1. The fourth-order valence-corrected chi connectivity index (χ4v) is 3.81. The second-order valence-electron chi connectivity index (χ2n) is 6.08. The normalized spacial score (nSPS) is 11.2. The Morgan fingerprint density at radius 3 is 2.84 bits per heavy atom. The summed E-state index contributed by atoms with van der Waals surface area (Å²) in [4.78, 5) is 9.02. The number of nitrogens with zero attached hydrogens (tertiary/aromatic N) is 4. The molecule has 4 aromatic rings. The molecule has 0 saturated heterocycles. The fraction of sp³-hybridized carbons (Fsp3) is 0.211. The summed E-state index contributed by atoms with van der Waals surface area (Å²) < 4.78 is 3.19. The number of hydrogen-bond acceptors (Lipinski definition) is 5. The van der Waals surface area contributed by atoms with Crippen LogP contribution in [0.25, 0.3) is 21.3 Å². The molecule has 3 heterocycles. The third kappa shape index (κ3) is 3.00. The summed E-state index contributed by atoms with van der Waals surface area (Å²) in [6.45, 7) is 4.76. The maximum Gasteiger partial charge on any atom is 0.223 e. The van der Waals surface area contributed by atoms with Crippen molar-refractivity contribution in [2.24, 2.45) is 7.05 Å². The first-order valence-corrected chi connectivity index (χ1v) is 9.03. The maximum absolute atomic E-state index is 4.67. The lowest BCUT2D eigenvalue weighted by atomic mass is 10.1. The number of nitrogens with one attached hydrogen (secondary N) is 1. The molecule has 126 valence electrons. The second kappa shape index (κ2) is 6.29. The molecule has 0 spiro atoms. The van der Waals surface area contributed by atoms with E-state index in [1.54, 1.807) is 17.5 Å². The average molecular weight is 349 g/mol. The van der Waals surface area contributed by atoms with Crippen molar-refractivity contribution < 1.29 is 0 Å². The number of benzene rings is 1. The molecule has 0 bridgehead atoms. The molecule has 1 aromatic carbocycles. The lowest BCUT2D eigenvalue weighted by Crippen LogP contribution is -2.04. The highest BCUT2D eigenvalue weighted by atomic mass is 32.1. The second-order valence-corrected chi connectivity index (χ2v) is 7.03. The van der Waals surface area contributed by atoms with Crippen LogP contribution in [-0.4, -0.2) is 19.7 Å². The summed E-state index contributed by atoms with van der Waals surface area (Å²) in [6.07, 6.45) is 1.79. The summed E-state index contributed by atoms with van der Waals surface area (Å²) in [7, 11) is 1.95. The van der Waals surface area contributed by atoms with E-state index in [1.165, 1.54) is 15.6 Å². The zero-order chi connectivity index (χ0) is 17.4. The van der Waals surface area contributed by atoms with Crippen molar-refractivity contribution in [2.45, 2.75) is 20.4 Å². The number of thiophene rings is 1. The van der Waals surface area contributed by atoms with E-state index in [4.69, 9.17) is 0 Å². The van der Waals surface area contributed by atoms with Crippen LogP contribution in [0.2, 0.25) is 0 Å². The zero-order valence-corrected chi connectivity index (χ0v) is 15.3. The predicted molar refractivity (Wildman–Crippen MR) is 103 cm³/mol. The Kier molecular flexibility index (Phi) is 3.97. The summed E-state index contributed by atoms with van der Waals surface area (Å²) in [5.41, 5.74) is 5.27. The minimum Gasteiger partial charge on any atom is -0.350 e. The van der Waals surface area contributed by atoms with Gasteiger partial charge in [0.15, 0.2) is 0 Å². The molecule has 0 aliphatic carbocycles. The van der Waals surface area contributed by atoms with Crippen LogP contribution in [0.4, 0.5) is 5.95 Å². The van der Waals surface area contributed by atoms with E-state index in [1.807, 2.05) is 24.7 Å². The molecule has 0 aliphatic heterocycles. The largest absolute Gasteiger partial charge is 0.350 e. The molecule has 25 heavy (non-hydrogen) atoms. The number of fused-ring (bicyclic) bond motifs is 1. The first-order valence-electron chi connectivity index (χ1n) is 8.15. The van der Waals surface area contributed by atoms with Crippen LogP contribution in [0.1, 0.15) is 17.0 Å². The molecular formula is C19H19N5S. The van der Waals surface area contributed by atoms with Gasteiger partial charge in [0.1, 0.15) is 0 Å². The number of rotatable bonds is 4. The van der Waals surface area contributed by atoms with E-state index >= 15 is 0 Å². The molecule has 0 amide bonds. The summed E-state index contributed by atoms with van der Waals surface area (Å²) in [6, 6.07) is 10.6. The van der Waals surface area contributed by atoms with Crippen LogP contribution < -0.4 is 5.32 Å². The molecule has 0 saturated carbocycles. The smallest absolute Gasteiger partial charge is 0.223 e. The van der Waals surface area contributed by atoms with Gasteiger partial charge < -0.3 is 5.32 Å². The molecule has 4 rings (SSSR count). The van der Waals surface area contributed by atoms with Crippen molar-refractivity contribution in [1.29, 1.82) is 0 Å². The highest BCUT2D eigenvalue weighted by molar-refractivity contribution is 7.17. The quantitative estimate of drug-likeness (QED) is 0.596. The molecular weight excluding hydrogens is 330 g/mol. The van der Waals surface area contributed by atoms with E-state index in [-0.39, 0.29) is 0 Å². The van der Waals surface area contributed by atoms with Gasteiger partial charge in [0.25, 0.3) is 0 Å². The molecule has 6 heteroatoms. The molecule has 0 atom stereocenters. The molecule has 0 aliphatic rings. The maximum atomic E-state index is 4.67. The molecule has 5 nitrogen and oxygen atoms in total. The van der Waals surface area contributed by atoms with E-state index in [0.29, 0.717) is 12.5 Å². The SMILES string of the molecule is Cc1nn(C)c(C)c1-c1ccnc(NCc2ccc3sccc3c2)n1. The Hall–Kier alpha value is -2.73. The van der Waals surface area contributed by atoms with Crippen LogP contribution >= 0.6 is 11.3 Å². The van der Waals surface area contributed by atoms with Crippen LogP contribution in [0.5, 0.6) is 0 Å². The van der Waals surface area contributed by atoms with Crippen molar-refractivity contribution in [3.05, 3.63) is 58.9 Å². The van der Waals surface area contributed by atoms with Crippen molar-refractivity contribution in [2.75, 3.05) is 5.32 Å². The Balaban J connectivity index is 1.57. The van der Waals surface area contributed by atoms with Crippen LogP contribution in [0.15, 0.2) is 41.9 Å². The van der Waals surface area contributed by atoms with Gasteiger partial charge in [0, 0.05) is 35.7 Å². The Morgan fingerprint density at radius 2 is 2.04 bits per heavy atom.